The van der Waals surface area contributed by atoms with Gasteiger partial charge in [-0.3, -0.25) is 9.59 Å². The molecule has 130 valence electrons. The molecule has 1 aromatic heterocycles. The van der Waals surface area contributed by atoms with Crippen molar-refractivity contribution in [2.45, 2.75) is 0 Å². The van der Waals surface area contributed by atoms with Gasteiger partial charge in [-0.2, -0.15) is 0 Å². The lowest BCUT2D eigenvalue weighted by atomic mass is 10.1. The van der Waals surface area contributed by atoms with Gasteiger partial charge in [-0.15, -0.1) is 11.3 Å². The van der Waals surface area contributed by atoms with Crippen LogP contribution in [-0.2, 0) is 9.53 Å². The predicted octanol–water partition coefficient (Wildman–Crippen LogP) is 2.67. The molecule has 7 nitrogen and oxygen atoms in total. The monoisotopic (exact) mass is 368 g/mol. The number of rotatable bonds is 4. The highest BCUT2D eigenvalue weighted by Gasteiger charge is 2.19. The van der Waals surface area contributed by atoms with Gasteiger partial charge in [0.15, 0.2) is 19.0 Å². The third-order valence-corrected chi connectivity index (χ3v) is 4.63. The molecule has 0 saturated carbocycles. The first-order valence-corrected chi connectivity index (χ1v) is 8.58. The van der Waals surface area contributed by atoms with E-state index in [-0.39, 0.29) is 18.3 Å². The molecule has 3 aromatic rings. The standard InChI is InChI=1S/C18H12N2O5S/c21-14(10-2-4-15-13(5-10)20-17(22)8-24-15)7-25-18(23)11-1-3-12-16(6-11)26-9-19-12/h1-6,9H,7-8H2,(H,20,22). The lowest BCUT2D eigenvalue weighted by Crippen LogP contribution is -2.25. The van der Waals surface area contributed by atoms with E-state index in [2.05, 4.69) is 10.3 Å². The van der Waals surface area contributed by atoms with E-state index >= 15 is 0 Å². The lowest BCUT2D eigenvalue weighted by Gasteiger charge is -2.18. The van der Waals surface area contributed by atoms with E-state index in [0.29, 0.717) is 22.6 Å². The Morgan fingerprint density at radius 3 is 2.92 bits per heavy atom. The van der Waals surface area contributed by atoms with Crippen LogP contribution in [0.4, 0.5) is 5.69 Å². The Hall–Kier alpha value is -3.26. The number of fused-ring (bicyclic) bond motifs is 2. The average Bonchev–Trinajstić information content (AvgIpc) is 3.13. The van der Waals surface area contributed by atoms with Crippen molar-refractivity contribution in [2.75, 3.05) is 18.5 Å². The Morgan fingerprint density at radius 2 is 2.04 bits per heavy atom. The minimum atomic E-state index is -0.580. The van der Waals surface area contributed by atoms with Crippen molar-refractivity contribution in [1.82, 2.24) is 4.98 Å². The quantitative estimate of drug-likeness (QED) is 0.562. The maximum absolute atomic E-state index is 12.3. The van der Waals surface area contributed by atoms with Crippen molar-refractivity contribution in [1.29, 1.82) is 0 Å². The second kappa shape index (κ2) is 6.57. The summed E-state index contributed by atoms with van der Waals surface area (Å²) in [4.78, 5) is 39.9. The number of ether oxygens (including phenoxy) is 2. The van der Waals surface area contributed by atoms with E-state index in [1.807, 2.05) is 0 Å². The first-order chi connectivity index (χ1) is 12.6. The summed E-state index contributed by atoms with van der Waals surface area (Å²) in [7, 11) is 0. The molecule has 8 heteroatoms. The largest absolute Gasteiger partial charge is 0.482 e. The van der Waals surface area contributed by atoms with Crippen LogP contribution < -0.4 is 10.1 Å². The minimum Gasteiger partial charge on any atom is -0.482 e. The SMILES string of the molecule is O=C1COc2ccc(C(=O)COC(=O)c3ccc4ncsc4c3)cc2N1. The van der Waals surface area contributed by atoms with Crippen LogP contribution in [0.3, 0.4) is 0 Å². The van der Waals surface area contributed by atoms with Crippen LogP contribution in [-0.4, -0.2) is 35.9 Å². The maximum Gasteiger partial charge on any atom is 0.338 e. The van der Waals surface area contributed by atoms with Gasteiger partial charge in [0, 0.05) is 5.56 Å². The van der Waals surface area contributed by atoms with Crippen molar-refractivity contribution in [2.24, 2.45) is 0 Å². The number of amides is 1. The number of Topliss-reactive ketones (excluding diaryl/α,β-unsaturated/α-hetero) is 1. The number of carbonyl (C=O) groups excluding carboxylic acids is 3. The van der Waals surface area contributed by atoms with Crippen molar-refractivity contribution >= 4 is 44.9 Å². The maximum atomic E-state index is 12.3. The molecule has 26 heavy (non-hydrogen) atoms. The van der Waals surface area contributed by atoms with Crippen LogP contribution >= 0.6 is 11.3 Å². The highest BCUT2D eigenvalue weighted by Crippen LogP contribution is 2.28. The third kappa shape index (κ3) is 3.14. The van der Waals surface area contributed by atoms with Crippen LogP contribution in [0.1, 0.15) is 20.7 Å². The summed E-state index contributed by atoms with van der Waals surface area (Å²) in [6.07, 6.45) is 0. The number of aromatic nitrogens is 1. The molecular weight excluding hydrogens is 356 g/mol. The molecule has 0 saturated heterocycles. The Labute approximate surface area is 151 Å². The first kappa shape index (κ1) is 16.2. The van der Waals surface area contributed by atoms with Crippen molar-refractivity contribution in [3.05, 3.63) is 53.0 Å². The number of hydrogen-bond acceptors (Lipinski definition) is 7. The number of carbonyl (C=O) groups is 3. The van der Waals surface area contributed by atoms with Crippen molar-refractivity contribution in [3.63, 3.8) is 0 Å². The number of thiazole rings is 1. The second-order valence-corrected chi connectivity index (χ2v) is 6.47. The molecule has 1 amide bonds. The van der Waals surface area contributed by atoms with E-state index in [4.69, 9.17) is 9.47 Å². The number of hydrogen-bond donors (Lipinski definition) is 1. The normalized spacial score (nSPS) is 12.8. The topological polar surface area (TPSA) is 94.6 Å². The van der Waals surface area contributed by atoms with Crippen LogP contribution in [0.25, 0.3) is 10.2 Å². The van der Waals surface area contributed by atoms with Gasteiger partial charge < -0.3 is 14.8 Å². The van der Waals surface area contributed by atoms with Crippen LogP contribution in [0.2, 0.25) is 0 Å². The number of anilines is 1. The summed E-state index contributed by atoms with van der Waals surface area (Å²) in [6, 6.07) is 9.70. The molecule has 0 unspecified atom stereocenters. The molecular formula is C18H12N2O5S. The van der Waals surface area contributed by atoms with E-state index < -0.39 is 12.6 Å². The van der Waals surface area contributed by atoms with Crippen molar-refractivity contribution < 1.29 is 23.9 Å². The summed E-state index contributed by atoms with van der Waals surface area (Å²) in [5, 5.41) is 2.63. The minimum absolute atomic E-state index is 0.0536. The highest BCUT2D eigenvalue weighted by molar-refractivity contribution is 7.16. The van der Waals surface area contributed by atoms with Crippen molar-refractivity contribution in [3.8, 4) is 5.75 Å². The van der Waals surface area contributed by atoms with Crippen LogP contribution in [0.15, 0.2) is 41.9 Å². The second-order valence-electron chi connectivity index (χ2n) is 5.58. The molecule has 0 spiro atoms. The summed E-state index contributed by atoms with van der Waals surface area (Å²) < 4.78 is 11.2. The van der Waals surface area contributed by atoms with E-state index in [1.165, 1.54) is 17.4 Å². The van der Waals surface area contributed by atoms with Gasteiger partial charge in [-0.1, -0.05) is 0 Å². The number of nitrogens with zero attached hydrogens (tertiary/aromatic N) is 1. The van der Waals surface area contributed by atoms with Gasteiger partial charge in [0.05, 0.1) is 27.0 Å². The summed E-state index contributed by atoms with van der Waals surface area (Å²) in [5.41, 5.74) is 3.61. The Kier molecular flexibility index (Phi) is 4.10. The lowest BCUT2D eigenvalue weighted by molar-refractivity contribution is -0.118. The summed E-state index contributed by atoms with van der Waals surface area (Å²) in [6.45, 7) is -0.449. The van der Waals surface area contributed by atoms with Gasteiger partial charge in [0.25, 0.3) is 5.91 Å². The molecule has 2 aromatic carbocycles. The zero-order valence-corrected chi connectivity index (χ0v) is 14.2. The molecule has 0 radical (unpaired) electrons. The van der Waals surface area contributed by atoms with E-state index in [0.717, 1.165) is 10.2 Å². The molecule has 0 atom stereocenters. The third-order valence-electron chi connectivity index (χ3n) is 3.84. The summed E-state index contributed by atoms with van der Waals surface area (Å²) in [5.74, 6) is -0.744. The molecule has 0 aliphatic carbocycles. The van der Waals surface area contributed by atoms with Crippen LogP contribution in [0.5, 0.6) is 5.75 Å². The highest BCUT2D eigenvalue weighted by atomic mass is 32.1. The number of ketones is 1. The molecule has 2 heterocycles. The van der Waals surface area contributed by atoms with Crippen LogP contribution in [0, 0.1) is 0 Å². The zero-order valence-electron chi connectivity index (χ0n) is 13.4. The fourth-order valence-electron chi connectivity index (χ4n) is 2.54. The van der Waals surface area contributed by atoms with E-state index in [1.54, 1.807) is 35.8 Å². The fourth-order valence-corrected chi connectivity index (χ4v) is 3.25. The Balaban J connectivity index is 1.44. The predicted molar refractivity (Wildman–Crippen MR) is 94.8 cm³/mol. The van der Waals surface area contributed by atoms with E-state index in [9.17, 15) is 14.4 Å². The van der Waals surface area contributed by atoms with Gasteiger partial charge in [0.1, 0.15) is 5.75 Å². The smallest absolute Gasteiger partial charge is 0.338 e. The molecule has 1 aliphatic heterocycles. The molecule has 1 aliphatic rings. The number of benzene rings is 2. The molecule has 0 fully saturated rings. The number of esters is 1. The van der Waals surface area contributed by atoms with Gasteiger partial charge in [-0.05, 0) is 36.4 Å². The molecule has 0 bridgehead atoms. The molecule has 1 N–H and O–H groups in total. The van der Waals surface area contributed by atoms with Gasteiger partial charge in [0.2, 0.25) is 0 Å². The first-order valence-electron chi connectivity index (χ1n) is 7.70. The van der Waals surface area contributed by atoms with Gasteiger partial charge >= 0.3 is 5.97 Å². The Bertz CT molecular complexity index is 1040. The fraction of sp³-hybridized carbons (Fsp3) is 0.111. The van der Waals surface area contributed by atoms with Gasteiger partial charge in [-0.25, -0.2) is 9.78 Å². The zero-order chi connectivity index (χ0) is 18.1. The Morgan fingerprint density at radius 1 is 1.19 bits per heavy atom. The number of nitrogens with one attached hydrogen (secondary N) is 1. The molecule has 4 rings (SSSR count). The average molecular weight is 368 g/mol. The summed E-state index contributed by atoms with van der Waals surface area (Å²) >= 11 is 1.42.